The van der Waals surface area contributed by atoms with Gasteiger partial charge in [0.15, 0.2) is 0 Å². The number of alkyl halides is 1. The van der Waals surface area contributed by atoms with Gasteiger partial charge in [-0.3, -0.25) is 0 Å². The number of esters is 2. The average molecular weight is 430 g/mol. The third-order valence-electron chi connectivity index (χ3n) is 3.95. The van der Waals surface area contributed by atoms with E-state index in [9.17, 15) is 9.59 Å². The van der Waals surface area contributed by atoms with Crippen LogP contribution in [0, 0.1) is 0 Å². The lowest BCUT2D eigenvalue weighted by Gasteiger charge is -2.19. The lowest BCUT2D eigenvalue weighted by molar-refractivity contribution is -0.0322. The fourth-order valence-corrected chi connectivity index (χ4v) is 3.12. The third kappa shape index (κ3) is 5.36. The van der Waals surface area contributed by atoms with Crippen molar-refractivity contribution in [3.05, 3.63) is 69.7 Å². The van der Waals surface area contributed by atoms with Crippen molar-refractivity contribution in [3.8, 4) is 0 Å². The Hall–Kier alpha value is -1.79. The molecule has 8 heteroatoms. The molecule has 1 aliphatic rings. The number of benzene rings is 2. The smallest absolute Gasteiger partial charge is 0.338 e. The largest absolute Gasteiger partial charge is 0.459 e. The van der Waals surface area contributed by atoms with Gasteiger partial charge in [0.1, 0.15) is 24.4 Å². The fraction of sp³-hybridized carbons (Fsp3) is 0.263. The minimum Gasteiger partial charge on any atom is -0.459 e. The van der Waals surface area contributed by atoms with E-state index in [1.165, 1.54) is 0 Å². The van der Waals surface area contributed by atoms with Gasteiger partial charge in [-0.1, -0.05) is 34.8 Å². The molecule has 1 fully saturated rings. The molecule has 0 spiro atoms. The molecule has 0 bridgehead atoms. The molecule has 142 valence electrons. The summed E-state index contributed by atoms with van der Waals surface area (Å²) in [5.74, 6) is -1.06. The number of halogens is 3. The van der Waals surface area contributed by atoms with Crippen LogP contribution in [-0.4, -0.2) is 36.3 Å². The molecule has 0 aliphatic carbocycles. The highest BCUT2D eigenvalue weighted by molar-refractivity contribution is 6.31. The van der Waals surface area contributed by atoms with Crippen LogP contribution in [0.4, 0.5) is 0 Å². The van der Waals surface area contributed by atoms with E-state index in [1.807, 2.05) is 0 Å². The van der Waals surface area contributed by atoms with E-state index in [2.05, 4.69) is 0 Å². The van der Waals surface area contributed by atoms with Crippen molar-refractivity contribution >= 4 is 46.7 Å². The SMILES string of the molecule is O=C(OC[C@@H]1O[C@H](Cl)C[C@@H]1OC(=O)c1ccc(Cl)cc1)c1ccc(Cl)cc1. The van der Waals surface area contributed by atoms with Crippen LogP contribution in [0.25, 0.3) is 0 Å². The second kappa shape index (κ2) is 8.93. The van der Waals surface area contributed by atoms with Crippen molar-refractivity contribution in [1.82, 2.24) is 0 Å². The van der Waals surface area contributed by atoms with Gasteiger partial charge in [-0.05, 0) is 48.5 Å². The van der Waals surface area contributed by atoms with Gasteiger partial charge >= 0.3 is 11.9 Å². The quantitative estimate of drug-likeness (QED) is 0.508. The standard InChI is InChI=1S/C19H15Cl3O5/c20-13-5-1-11(2-6-13)18(23)25-10-16-15(9-17(22)26-16)27-19(24)12-3-7-14(21)8-4-12/h1-8,15-17H,9-10H2/t15-,16-,17-/m0/s1. The summed E-state index contributed by atoms with van der Waals surface area (Å²) in [5, 5.41) is 1.04. The van der Waals surface area contributed by atoms with Crippen molar-refractivity contribution in [2.75, 3.05) is 6.61 Å². The van der Waals surface area contributed by atoms with Gasteiger partial charge < -0.3 is 14.2 Å². The van der Waals surface area contributed by atoms with Gasteiger partial charge in [-0.25, -0.2) is 9.59 Å². The molecule has 1 saturated heterocycles. The van der Waals surface area contributed by atoms with Gasteiger partial charge in [0.05, 0.1) is 11.1 Å². The minimum absolute atomic E-state index is 0.0940. The zero-order valence-corrected chi connectivity index (χ0v) is 16.2. The van der Waals surface area contributed by atoms with Crippen LogP contribution in [0.1, 0.15) is 27.1 Å². The van der Waals surface area contributed by atoms with E-state index < -0.39 is 29.7 Å². The first-order chi connectivity index (χ1) is 12.9. The van der Waals surface area contributed by atoms with Crippen molar-refractivity contribution < 1.29 is 23.8 Å². The molecule has 1 heterocycles. The summed E-state index contributed by atoms with van der Waals surface area (Å²) >= 11 is 17.6. The molecule has 27 heavy (non-hydrogen) atoms. The van der Waals surface area contributed by atoms with Crippen LogP contribution < -0.4 is 0 Å². The molecule has 0 unspecified atom stereocenters. The van der Waals surface area contributed by atoms with Crippen LogP contribution in [0.3, 0.4) is 0 Å². The van der Waals surface area contributed by atoms with E-state index in [0.29, 0.717) is 27.6 Å². The monoisotopic (exact) mass is 428 g/mol. The summed E-state index contributed by atoms with van der Waals surface area (Å²) in [5.41, 5.74) is 0.0797. The number of rotatable bonds is 5. The molecule has 0 radical (unpaired) electrons. The van der Waals surface area contributed by atoms with Crippen LogP contribution in [0.2, 0.25) is 10.0 Å². The summed E-state index contributed by atoms with van der Waals surface area (Å²) in [6.45, 7) is -0.0940. The Morgan fingerprint density at radius 2 is 1.44 bits per heavy atom. The second-order valence-electron chi connectivity index (χ2n) is 5.88. The Morgan fingerprint density at radius 3 is 2.00 bits per heavy atom. The Bertz CT molecular complexity index is 807. The maximum absolute atomic E-state index is 12.3. The molecule has 0 aromatic heterocycles. The van der Waals surface area contributed by atoms with Crippen LogP contribution in [0.15, 0.2) is 48.5 Å². The average Bonchev–Trinajstić information content (AvgIpc) is 3.00. The van der Waals surface area contributed by atoms with Gasteiger partial charge in [0.2, 0.25) is 0 Å². The normalized spacial score (nSPS) is 21.7. The zero-order chi connectivity index (χ0) is 19.4. The van der Waals surface area contributed by atoms with E-state index in [0.717, 1.165) is 0 Å². The molecule has 5 nitrogen and oxygen atoms in total. The molecule has 3 rings (SSSR count). The number of carbonyl (C=O) groups is 2. The van der Waals surface area contributed by atoms with Crippen molar-refractivity contribution in [1.29, 1.82) is 0 Å². The zero-order valence-electron chi connectivity index (χ0n) is 13.9. The summed E-state index contributed by atoms with van der Waals surface area (Å²) < 4.78 is 16.2. The van der Waals surface area contributed by atoms with Crippen molar-refractivity contribution in [2.45, 2.75) is 24.2 Å². The molecule has 0 amide bonds. The topological polar surface area (TPSA) is 61.8 Å². The maximum Gasteiger partial charge on any atom is 0.338 e. The van der Waals surface area contributed by atoms with Crippen LogP contribution in [-0.2, 0) is 14.2 Å². The van der Waals surface area contributed by atoms with Crippen molar-refractivity contribution in [2.24, 2.45) is 0 Å². The Morgan fingerprint density at radius 1 is 0.926 bits per heavy atom. The van der Waals surface area contributed by atoms with Gasteiger partial charge in [-0.15, -0.1) is 0 Å². The van der Waals surface area contributed by atoms with E-state index >= 15 is 0 Å². The van der Waals surface area contributed by atoms with Gasteiger partial charge in [0, 0.05) is 16.5 Å². The summed E-state index contributed by atoms with van der Waals surface area (Å²) in [6, 6.07) is 12.6. The van der Waals surface area contributed by atoms with E-state index in [-0.39, 0.29) is 6.61 Å². The van der Waals surface area contributed by atoms with Gasteiger partial charge in [0.25, 0.3) is 0 Å². The predicted molar refractivity (Wildman–Crippen MR) is 102 cm³/mol. The van der Waals surface area contributed by atoms with Crippen LogP contribution in [0.5, 0.6) is 0 Å². The highest BCUT2D eigenvalue weighted by Gasteiger charge is 2.38. The molecular weight excluding hydrogens is 415 g/mol. The lowest BCUT2D eigenvalue weighted by Crippen LogP contribution is -2.32. The summed E-state index contributed by atoms with van der Waals surface area (Å²) in [7, 11) is 0. The first kappa shape index (κ1) is 20.0. The number of ether oxygens (including phenoxy) is 3. The molecule has 0 saturated carbocycles. The minimum atomic E-state index is -0.653. The number of hydrogen-bond donors (Lipinski definition) is 0. The maximum atomic E-state index is 12.3. The predicted octanol–water partition coefficient (Wildman–Crippen LogP) is 4.73. The molecule has 2 aromatic rings. The molecule has 2 aromatic carbocycles. The second-order valence-corrected chi connectivity index (χ2v) is 7.24. The van der Waals surface area contributed by atoms with Gasteiger partial charge in [-0.2, -0.15) is 0 Å². The third-order valence-corrected chi connectivity index (χ3v) is 4.74. The number of carbonyl (C=O) groups excluding carboxylic acids is 2. The molecule has 0 N–H and O–H groups in total. The number of hydrogen-bond acceptors (Lipinski definition) is 5. The Balaban J connectivity index is 1.58. The molecule has 1 aliphatic heterocycles. The lowest BCUT2D eigenvalue weighted by atomic mass is 10.2. The van der Waals surface area contributed by atoms with Crippen LogP contribution >= 0.6 is 34.8 Å². The first-order valence-corrected chi connectivity index (χ1v) is 9.30. The molecular formula is C19H15Cl3O5. The van der Waals surface area contributed by atoms with Crippen molar-refractivity contribution in [3.63, 3.8) is 0 Å². The Labute approximate surface area is 171 Å². The highest BCUT2D eigenvalue weighted by Crippen LogP contribution is 2.27. The summed E-state index contributed by atoms with van der Waals surface area (Å²) in [6.07, 6.45) is -0.988. The first-order valence-electron chi connectivity index (χ1n) is 8.11. The fourth-order valence-electron chi connectivity index (χ4n) is 2.56. The Kier molecular flexibility index (Phi) is 6.60. The molecule has 3 atom stereocenters. The summed E-state index contributed by atoms with van der Waals surface area (Å²) in [4.78, 5) is 24.4. The van der Waals surface area contributed by atoms with E-state index in [4.69, 9.17) is 49.0 Å². The highest BCUT2D eigenvalue weighted by atomic mass is 35.5. The van der Waals surface area contributed by atoms with E-state index in [1.54, 1.807) is 48.5 Å².